The molecule has 7 nitrogen and oxygen atoms in total. The number of hydrogen-bond donors (Lipinski definition) is 2. The molecule has 0 spiro atoms. The summed E-state index contributed by atoms with van der Waals surface area (Å²) in [5.41, 5.74) is 8.88. The zero-order valence-electron chi connectivity index (χ0n) is 23.2. The van der Waals surface area contributed by atoms with Crippen LogP contribution in [0, 0.1) is 17.8 Å². The summed E-state index contributed by atoms with van der Waals surface area (Å²) in [4.78, 5) is 41.1. The largest absolute Gasteiger partial charge is 0.497 e. The summed E-state index contributed by atoms with van der Waals surface area (Å²) in [7, 11) is 1.65. The molecule has 0 saturated carbocycles. The molecule has 1 fully saturated rings. The van der Waals surface area contributed by atoms with E-state index in [1.807, 2.05) is 62.1 Å². The van der Waals surface area contributed by atoms with Gasteiger partial charge in [-0.15, -0.1) is 0 Å². The fourth-order valence-corrected chi connectivity index (χ4v) is 5.34. The van der Waals surface area contributed by atoms with Crippen molar-refractivity contribution >= 4 is 17.7 Å². The highest BCUT2D eigenvalue weighted by molar-refractivity contribution is 5.91. The van der Waals surface area contributed by atoms with Crippen molar-refractivity contribution in [3.05, 3.63) is 54.1 Å². The number of benzene rings is 2. The highest BCUT2D eigenvalue weighted by atomic mass is 16.5. The fraction of sp³-hybridized carbons (Fsp3) is 0.516. The lowest BCUT2D eigenvalue weighted by Gasteiger charge is -2.29. The van der Waals surface area contributed by atoms with Crippen LogP contribution in [-0.4, -0.2) is 42.3 Å². The maximum Gasteiger partial charge on any atom is 0.245 e. The number of nitrogens with zero attached hydrogens (tertiary/aromatic N) is 1. The van der Waals surface area contributed by atoms with Crippen LogP contribution >= 0.6 is 0 Å². The third kappa shape index (κ3) is 7.83. The van der Waals surface area contributed by atoms with Crippen molar-refractivity contribution in [3.8, 4) is 16.9 Å². The van der Waals surface area contributed by atoms with Crippen LogP contribution in [0.25, 0.3) is 11.1 Å². The van der Waals surface area contributed by atoms with E-state index in [2.05, 4.69) is 17.4 Å². The number of nitrogens with one attached hydrogen (secondary N) is 1. The number of nitrogens with two attached hydrogens (primary N) is 1. The summed E-state index contributed by atoms with van der Waals surface area (Å²) < 4.78 is 5.26. The van der Waals surface area contributed by atoms with Crippen LogP contribution < -0.4 is 15.8 Å². The lowest BCUT2D eigenvalue weighted by atomic mass is 9.81. The molecular formula is C31H43N3O4. The molecule has 3 atom stereocenters. The van der Waals surface area contributed by atoms with Gasteiger partial charge in [-0.3, -0.25) is 14.4 Å². The predicted octanol–water partition coefficient (Wildman–Crippen LogP) is 4.92. The van der Waals surface area contributed by atoms with Gasteiger partial charge in [0, 0.05) is 24.9 Å². The number of ether oxygens (including phenoxy) is 1. The molecule has 1 aliphatic rings. The second kappa shape index (κ2) is 14.0. The Morgan fingerprint density at radius 1 is 1.08 bits per heavy atom. The lowest BCUT2D eigenvalue weighted by Crippen LogP contribution is -2.50. The van der Waals surface area contributed by atoms with E-state index >= 15 is 0 Å². The van der Waals surface area contributed by atoms with E-state index in [0.29, 0.717) is 32.4 Å². The van der Waals surface area contributed by atoms with Crippen molar-refractivity contribution in [3.63, 3.8) is 0 Å². The summed E-state index contributed by atoms with van der Waals surface area (Å²) in [6, 6.07) is 15.5. The molecule has 3 rings (SSSR count). The maximum atomic E-state index is 13.6. The van der Waals surface area contributed by atoms with Gasteiger partial charge in [-0.05, 0) is 72.9 Å². The van der Waals surface area contributed by atoms with Crippen molar-refractivity contribution < 1.29 is 19.1 Å². The number of amides is 3. The first-order valence-electron chi connectivity index (χ1n) is 13.8. The second-order valence-corrected chi connectivity index (χ2v) is 10.8. The van der Waals surface area contributed by atoms with Crippen molar-refractivity contribution in [2.75, 3.05) is 13.7 Å². The van der Waals surface area contributed by atoms with Crippen molar-refractivity contribution in [2.45, 2.75) is 71.9 Å². The zero-order valence-corrected chi connectivity index (χ0v) is 23.2. The Labute approximate surface area is 227 Å². The molecular weight excluding hydrogens is 478 g/mol. The molecule has 0 radical (unpaired) electrons. The van der Waals surface area contributed by atoms with Crippen LogP contribution in [0.2, 0.25) is 0 Å². The topological polar surface area (TPSA) is 102 Å². The van der Waals surface area contributed by atoms with Crippen LogP contribution in [-0.2, 0) is 20.9 Å². The normalized spacial score (nSPS) is 17.6. The number of methoxy groups -OCH3 is 1. The number of likely N-dealkylation sites (tertiary alicyclic amines) is 1. The van der Waals surface area contributed by atoms with Crippen LogP contribution in [0.1, 0.15) is 64.9 Å². The Balaban J connectivity index is 1.74. The predicted molar refractivity (Wildman–Crippen MR) is 150 cm³/mol. The molecule has 0 unspecified atom stereocenters. The number of primary amides is 1. The van der Waals surface area contributed by atoms with E-state index in [0.717, 1.165) is 41.7 Å². The maximum absolute atomic E-state index is 13.6. The van der Waals surface area contributed by atoms with E-state index in [1.54, 1.807) is 7.11 Å². The van der Waals surface area contributed by atoms with Gasteiger partial charge < -0.3 is 20.7 Å². The van der Waals surface area contributed by atoms with Gasteiger partial charge in [0.1, 0.15) is 11.8 Å². The van der Waals surface area contributed by atoms with E-state index in [1.165, 1.54) is 0 Å². The van der Waals surface area contributed by atoms with Crippen LogP contribution in [0.3, 0.4) is 0 Å². The lowest BCUT2D eigenvalue weighted by molar-refractivity contribution is -0.139. The van der Waals surface area contributed by atoms with Crippen molar-refractivity contribution in [2.24, 2.45) is 23.5 Å². The molecule has 2 aromatic rings. The zero-order chi connectivity index (χ0) is 27.7. The first-order valence-corrected chi connectivity index (χ1v) is 13.8. The molecule has 3 N–H and O–H groups in total. The minimum absolute atomic E-state index is 0.0693. The molecule has 206 valence electrons. The first kappa shape index (κ1) is 29.2. The Hall–Kier alpha value is -3.35. The molecule has 0 bridgehead atoms. The molecule has 2 aromatic carbocycles. The number of hydrogen-bond acceptors (Lipinski definition) is 4. The molecule has 0 aromatic heterocycles. The number of carbonyl (C=O) groups excluding carboxylic acids is 3. The third-order valence-corrected chi connectivity index (χ3v) is 7.33. The Morgan fingerprint density at radius 3 is 2.45 bits per heavy atom. The first-order chi connectivity index (χ1) is 18.2. The summed E-state index contributed by atoms with van der Waals surface area (Å²) in [5.74, 6) is -0.779. The Bertz CT molecular complexity index is 1080. The average Bonchev–Trinajstić information content (AvgIpc) is 3.07. The molecule has 38 heavy (non-hydrogen) atoms. The van der Waals surface area contributed by atoms with Crippen molar-refractivity contribution in [1.82, 2.24) is 10.2 Å². The minimum atomic E-state index is -0.598. The van der Waals surface area contributed by atoms with E-state index in [-0.39, 0.29) is 17.7 Å². The molecule has 1 aliphatic heterocycles. The smallest absolute Gasteiger partial charge is 0.245 e. The Kier molecular flexibility index (Phi) is 10.7. The quantitative estimate of drug-likeness (QED) is 0.414. The fourth-order valence-electron chi connectivity index (χ4n) is 5.34. The van der Waals surface area contributed by atoms with E-state index < -0.39 is 23.8 Å². The van der Waals surface area contributed by atoms with Gasteiger partial charge in [0.15, 0.2) is 0 Å². The van der Waals surface area contributed by atoms with Crippen LogP contribution in [0.5, 0.6) is 5.75 Å². The molecule has 3 amide bonds. The summed E-state index contributed by atoms with van der Waals surface area (Å²) in [5, 5.41) is 3.02. The molecule has 0 aliphatic carbocycles. The van der Waals surface area contributed by atoms with Gasteiger partial charge in [0.25, 0.3) is 0 Å². The highest BCUT2D eigenvalue weighted by Gasteiger charge is 2.35. The van der Waals surface area contributed by atoms with Gasteiger partial charge in [-0.1, -0.05) is 57.5 Å². The summed E-state index contributed by atoms with van der Waals surface area (Å²) >= 11 is 0. The molecule has 1 heterocycles. The van der Waals surface area contributed by atoms with E-state index in [9.17, 15) is 14.4 Å². The SMILES string of the molecule is CCC[C@H](C(N)=O)[C@@H](CC(C)C)C(=O)N[C@H]1CCCCN(Cc2cccc(-c3ccc(OC)cc3)c2)C1=O. The van der Waals surface area contributed by atoms with Gasteiger partial charge in [0.05, 0.1) is 7.11 Å². The molecule has 1 saturated heterocycles. The number of carbonyl (C=O) groups is 3. The van der Waals surface area contributed by atoms with Crippen molar-refractivity contribution in [1.29, 1.82) is 0 Å². The van der Waals surface area contributed by atoms with Gasteiger partial charge in [0.2, 0.25) is 17.7 Å². The van der Waals surface area contributed by atoms with Gasteiger partial charge in [-0.25, -0.2) is 0 Å². The average molecular weight is 522 g/mol. The molecule has 7 heteroatoms. The standard InChI is InChI=1S/C31H43N3O4/c1-5-9-26(29(32)35)27(18-21(2)3)30(36)33-28-12-6-7-17-34(31(28)37)20-22-10-8-11-24(19-22)23-13-15-25(38-4)16-14-23/h8,10-11,13-16,19,21,26-28H,5-7,9,12,17-18,20H2,1-4H3,(H2,32,35)(H,33,36)/t26-,27+,28-/m0/s1. The Morgan fingerprint density at radius 2 is 1.82 bits per heavy atom. The third-order valence-electron chi connectivity index (χ3n) is 7.33. The highest BCUT2D eigenvalue weighted by Crippen LogP contribution is 2.27. The van der Waals surface area contributed by atoms with E-state index in [4.69, 9.17) is 10.5 Å². The van der Waals surface area contributed by atoms with Gasteiger partial charge in [-0.2, -0.15) is 0 Å². The van der Waals surface area contributed by atoms with Crippen LogP contribution in [0.4, 0.5) is 0 Å². The summed E-state index contributed by atoms with van der Waals surface area (Å²) in [6.45, 7) is 7.17. The van der Waals surface area contributed by atoms with Gasteiger partial charge >= 0.3 is 0 Å². The minimum Gasteiger partial charge on any atom is -0.497 e. The monoisotopic (exact) mass is 521 g/mol. The van der Waals surface area contributed by atoms with Crippen LogP contribution in [0.15, 0.2) is 48.5 Å². The number of rotatable bonds is 12. The second-order valence-electron chi connectivity index (χ2n) is 10.8. The summed E-state index contributed by atoms with van der Waals surface area (Å²) in [6.07, 6.45) is 4.21.